The molecule has 1 saturated heterocycles. The normalized spacial score (nSPS) is 22.7. The van der Waals surface area contributed by atoms with Crippen LogP contribution < -0.4 is 4.72 Å². The van der Waals surface area contributed by atoms with Crippen molar-refractivity contribution in [2.75, 3.05) is 19.5 Å². The standard InChI is InChI=1S/C15H18N2O3S/c1-21(18,19)17-15-10-20-9-12(15)8-11-6-7-16-14-5-3-2-4-13(11)14/h2-7,12,15,17H,8-10H2,1H3/t12-,15+/m1/s1. The molecule has 2 aromatic rings. The average Bonchev–Trinajstić information content (AvgIpc) is 2.84. The number of benzene rings is 1. The van der Waals surface area contributed by atoms with Gasteiger partial charge in [-0.2, -0.15) is 0 Å². The second-order valence-electron chi connectivity index (χ2n) is 5.49. The van der Waals surface area contributed by atoms with Gasteiger partial charge in [0, 0.05) is 17.5 Å². The molecule has 5 nitrogen and oxygen atoms in total. The number of rotatable bonds is 4. The maximum absolute atomic E-state index is 11.4. The molecular formula is C15H18N2O3S. The molecule has 1 fully saturated rings. The van der Waals surface area contributed by atoms with Crippen LogP contribution in [0.3, 0.4) is 0 Å². The number of hydrogen-bond acceptors (Lipinski definition) is 4. The van der Waals surface area contributed by atoms with Crippen LogP contribution in [0.5, 0.6) is 0 Å². The van der Waals surface area contributed by atoms with Crippen molar-refractivity contribution >= 4 is 20.9 Å². The van der Waals surface area contributed by atoms with Gasteiger partial charge in [-0.25, -0.2) is 13.1 Å². The molecule has 1 aliphatic heterocycles. The molecule has 0 saturated carbocycles. The lowest BCUT2D eigenvalue weighted by Gasteiger charge is -2.18. The van der Waals surface area contributed by atoms with E-state index in [1.54, 1.807) is 6.20 Å². The molecule has 2 atom stereocenters. The van der Waals surface area contributed by atoms with E-state index in [0.717, 1.165) is 17.3 Å². The molecule has 112 valence electrons. The van der Waals surface area contributed by atoms with Gasteiger partial charge < -0.3 is 4.74 Å². The van der Waals surface area contributed by atoms with Crippen LogP contribution in [-0.2, 0) is 21.2 Å². The van der Waals surface area contributed by atoms with Crippen molar-refractivity contribution in [1.82, 2.24) is 9.71 Å². The first kappa shape index (κ1) is 14.4. The highest BCUT2D eigenvalue weighted by Gasteiger charge is 2.30. The smallest absolute Gasteiger partial charge is 0.209 e. The minimum Gasteiger partial charge on any atom is -0.379 e. The highest BCUT2D eigenvalue weighted by molar-refractivity contribution is 7.88. The Hall–Kier alpha value is -1.50. The Kier molecular flexibility index (Phi) is 3.93. The summed E-state index contributed by atoms with van der Waals surface area (Å²) in [5.74, 6) is 0.144. The molecule has 0 radical (unpaired) electrons. The van der Waals surface area contributed by atoms with E-state index in [0.29, 0.717) is 13.2 Å². The molecule has 2 heterocycles. The summed E-state index contributed by atoms with van der Waals surface area (Å²) in [6.07, 6.45) is 3.76. The van der Waals surface area contributed by atoms with E-state index >= 15 is 0 Å². The largest absolute Gasteiger partial charge is 0.379 e. The van der Waals surface area contributed by atoms with E-state index < -0.39 is 10.0 Å². The van der Waals surface area contributed by atoms with Crippen molar-refractivity contribution in [2.24, 2.45) is 5.92 Å². The number of ether oxygens (including phenoxy) is 1. The lowest BCUT2D eigenvalue weighted by atomic mass is 9.93. The van der Waals surface area contributed by atoms with Gasteiger partial charge >= 0.3 is 0 Å². The van der Waals surface area contributed by atoms with Gasteiger partial charge in [0.2, 0.25) is 10.0 Å². The van der Waals surface area contributed by atoms with Crippen LogP contribution in [0, 0.1) is 5.92 Å². The number of hydrogen-bond donors (Lipinski definition) is 1. The topological polar surface area (TPSA) is 68.3 Å². The Labute approximate surface area is 124 Å². The molecule has 1 aromatic heterocycles. The SMILES string of the molecule is CS(=O)(=O)N[C@H]1COC[C@H]1Cc1ccnc2ccccc12. The zero-order chi connectivity index (χ0) is 14.9. The maximum Gasteiger partial charge on any atom is 0.209 e. The summed E-state index contributed by atoms with van der Waals surface area (Å²) in [5.41, 5.74) is 2.14. The van der Waals surface area contributed by atoms with Crippen molar-refractivity contribution < 1.29 is 13.2 Å². The zero-order valence-corrected chi connectivity index (χ0v) is 12.6. The zero-order valence-electron chi connectivity index (χ0n) is 11.8. The fourth-order valence-electron chi connectivity index (χ4n) is 2.82. The van der Waals surface area contributed by atoms with E-state index in [9.17, 15) is 8.42 Å². The minimum atomic E-state index is -3.22. The number of sulfonamides is 1. The van der Waals surface area contributed by atoms with E-state index in [2.05, 4.69) is 9.71 Å². The molecule has 21 heavy (non-hydrogen) atoms. The van der Waals surface area contributed by atoms with Crippen LogP contribution in [0.1, 0.15) is 5.56 Å². The van der Waals surface area contributed by atoms with Crippen molar-refractivity contribution in [1.29, 1.82) is 0 Å². The summed E-state index contributed by atoms with van der Waals surface area (Å²) >= 11 is 0. The molecule has 0 amide bonds. The van der Waals surface area contributed by atoms with Crippen LogP contribution in [0.25, 0.3) is 10.9 Å². The lowest BCUT2D eigenvalue weighted by molar-refractivity contribution is 0.183. The van der Waals surface area contributed by atoms with Crippen LogP contribution >= 0.6 is 0 Å². The number of nitrogens with one attached hydrogen (secondary N) is 1. The van der Waals surface area contributed by atoms with Crippen molar-refractivity contribution in [3.05, 3.63) is 42.1 Å². The molecule has 1 N–H and O–H groups in total. The number of aromatic nitrogens is 1. The molecule has 6 heteroatoms. The Bertz CT molecular complexity index is 740. The monoisotopic (exact) mass is 306 g/mol. The second-order valence-corrected chi connectivity index (χ2v) is 7.27. The molecule has 1 aliphatic rings. The Morgan fingerprint density at radius 3 is 2.90 bits per heavy atom. The molecule has 1 aromatic carbocycles. The first-order valence-electron chi connectivity index (χ1n) is 6.90. The molecule has 3 rings (SSSR count). The van der Waals surface area contributed by atoms with Gasteiger partial charge in [0.05, 0.1) is 31.0 Å². The third-order valence-electron chi connectivity index (χ3n) is 3.79. The summed E-state index contributed by atoms with van der Waals surface area (Å²) in [7, 11) is -3.22. The van der Waals surface area contributed by atoms with Gasteiger partial charge in [-0.1, -0.05) is 18.2 Å². The Balaban J connectivity index is 1.84. The van der Waals surface area contributed by atoms with Crippen molar-refractivity contribution in [2.45, 2.75) is 12.5 Å². The lowest BCUT2D eigenvalue weighted by Crippen LogP contribution is -2.39. The highest BCUT2D eigenvalue weighted by atomic mass is 32.2. The Morgan fingerprint density at radius 1 is 1.29 bits per heavy atom. The first-order valence-corrected chi connectivity index (χ1v) is 8.80. The maximum atomic E-state index is 11.4. The average molecular weight is 306 g/mol. The summed E-state index contributed by atoms with van der Waals surface area (Å²) in [4.78, 5) is 4.35. The second kappa shape index (κ2) is 5.71. The fourth-order valence-corrected chi connectivity index (χ4v) is 3.63. The van der Waals surface area contributed by atoms with Crippen molar-refractivity contribution in [3.8, 4) is 0 Å². The van der Waals surface area contributed by atoms with Crippen molar-refractivity contribution in [3.63, 3.8) is 0 Å². The van der Waals surface area contributed by atoms with Crippen LogP contribution in [0.15, 0.2) is 36.5 Å². The van der Waals surface area contributed by atoms with Gasteiger partial charge in [0.1, 0.15) is 0 Å². The van der Waals surface area contributed by atoms with E-state index in [1.165, 1.54) is 11.8 Å². The van der Waals surface area contributed by atoms with Crippen LogP contribution in [0.2, 0.25) is 0 Å². The minimum absolute atomic E-state index is 0.144. The van der Waals surface area contributed by atoms with Crippen LogP contribution in [-0.4, -0.2) is 38.9 Å². The summed E-state index contributed by atoms with van der Waals surface area (Å²) in [6.45, 7) is 1.00. The predicted octanol–water partition coefficient (Wildman–Crippen LogP) is 1.34. The number of pyridine rings is 1. The summed E-state index contributed by atoms with van der Waals surface area (Å²) < 4.78 is 31.0. The number of para-hydroxylation sites is 1. The molecule has 0 unspecified atom stereocenters. The first-order chi connectivity index (χ1) is 10.0. The molecule has 0 aliphatic carbocycles. The van der Waals surface area contributed by atoms with E-state index in [-0.39, 0.29) is 12.0 Å². The fraction of sp³-hybridized carbons (Fsp3) is 0.400. The van der Waals surface area contributed by atoms with Gasteiger partial charge in [-0.3, -0.25) is 4.98 Å². The molecule has 0 spiro atoms. The van der Waals surface area contributed by atoms with E-state index in [4.69, 9.17) is 4.74 Å². The van der Waals surface area contributed by atoms with Crippen LogP contribution in [0.4, 0.5) is 0 Å². The third kappa shape index (κ3) is 3.40. The number of fused-ring (bicyclic) bond motifs is 1. The highest BCUT2D eigenvalue weighted by Crippen LogP contribution is 2.24. The molecule has 0 bridgehead atoms. The van der Waals surface area contributed by atoms with Gasteiger partial charge in [-0.05, 0) is 24.1 Å². The van der Waals surface area contributed by atoms with E-state index in [1.807, 2.05) is 30.3 Å². The third-order valence-corrected chi connectivity index (χ3v) is 4.52. The summed E-state index contributed by atoms with van der Waals surface area (Å²) in [6, 6.07) is 9.82. The predicted molar refractivity (Wildman–Crippen MR) is 81.5 cm³/mol. The molecular weight excluding hydrogens is 288 g/mol. The van der Waals surface area contributed by atoms with Gasteiger partial charge in [0.25, 0.3) is 0 Å². The quantitative estimate of drug-likeness (QED) is 0.925. The van der Waals surface area contributed by atoms with Gasteiger partial charge in [0.15, 0.2) is 0 Å². The van der Waals surface area contributed by atoms with Gasteiger partial charge in [-0.15, -0.1) is 0 Å². The number of nitrogens with zero attached hydrogens (tertiary/aromatic N) is 1. The Morgan fingerprint density at radius 2 is 2.10 bits per heavy atom. The summed E-state index contributed by atoms with van der Waals surface area (Å²) in [5, 5.41) is 1.12.